The first-order valence-corrected chi connectivity index (χ1v) is 15.3. The number of hydrogen-bond acceptors (Lipinski definition) is 7. The van der Waals surface area contributed by atoms with E-state index in [1.54, 1.807) is 42.3 Å². The summed E-state index contributed by atoms with van der Waals surface area (Å²) in [4.78, 5) is 0. The third-order valence-corrected chi connectivity index (χ3v) is 8.02. The van der Waals surface area contributed by atoms with Crippen LogP contribution in [-0.4, -0.2) is 63.1 Å². The molecule has 0 heterocycles. The minimum Gasteiger partial charge on any atom is -0.497 e. The van der Waals surface area contributed by atoms with E-state index in [1.807, 2.05) is 72.8 Å². The summed E-state index contributed by atoms with van der Waals surface area (Å²) in [7, 11) is 6.52. The molecule has 0 aromatic heterocycles. The molecule has 0 radical (unpaired) electrons. The summed E-state index contributed by atoms with van der Waals surface area (Å²) in [6, 6.07) is 31.9. The van der Waals surface area contributed by atoms with Crippen LogP contribution in [0.3, 0.4) is 0 Å². The third kappa shape index (κ3) is 9.01. The Morgan fingerprint density at radius 2 is 0.778 bits per heavy atom. The van der Waals surface area contributed by atoms with Gasteiger partial charge < -0.3 is 33.9 Å². The van der Waals surface area contributed by atoms with E-state index < -0.39 is 24.4 Å². The van der Waals surface area contributed by atoms with Crippen LogP contribution in [0.1, 0.15) is 60.8 Å². The molecule has 0 amide bonds. The van der Waals surface area contributed by atoms with Crippen molar-refractivity contribution in [3.05, 3.63) is 119 Å². The van der Waals surface area contributed by atoms with Gasteiger partial charge in [-0.15, -0.1) is 0 Å². The zero-order chi connectivity index (χ0) is 32.3. The van der Waals surface area contributed by atoms with Crippen LogP contribution in [0.5, 0.6) is 23.0 Å². The predicted molar refractivity (Wildman–Crippen MR) is 177 cm³/mol. The summed E-state index contributed by atoms with van der Waals surface area (Å²) in [5.41, 5.74) is 3.90. The molecule has 4 aromatic rings. The van der Waals surface area contributed by atoms with Crippen LogP contribution in [0, 0.1) is 0 Å². The highest BCUT2D eigenvalue weighted by atomic mass is 16.5. The molecule has 4 rings (SSSR count). The highest BCUT2D eigenvalue weighted by Gasteiger charge is 2.35. The largest absolute Gasteiger partial charge is 0.497 e. The Morgan fingerprint density at radius 3 is 1.04 bits per heavy atom. The molecule has 7 heteroatoms. The molecular weight excluding hydrogens is 568 g/mol. The molecule has 0 aliphatic rings. The second kappa shape index (κ2) is 16.3. The first-order chi connectivity index (χ1) is 21.8. The van der Waals surface area contributed by atoms with Gasteiger partial charge >= 0.3 is 0 Å². The van der Waals surface area contributed by atoms with Crippen molar-refractivity contribution in [3.63, 3.8) is 0 Å². The van der Waals surface area contributed by atoms with Crippen LogP contribution in [0.2, 0.25) is 0 Å². The monoisotopic (exact) mass is 614 g/mol. The molecular formula is C38H46O7. The Kier molecular flexibility index (Phi) is 12.3. The third-order valence-electron chi connectivity index (χ3n) is 8.02. The second-order valence-corrected chi connectivity index (χ2v) is 11.5. The summed E-state index contributed by atoms with van der Waals surface area (Å²) in [6.45, 7) is 3.55. The van der Waals surface area contributed by atoms with Crippen molar-refractivity contribution in [1.29, 1.82) is 0 Å². The molecule has 0 fully saturated rings. The molecule has 0 saturated heterocycles. The van der Waals surface area contributed by atoms with Gasteiger partial charge in [0.15, 0.2) is 0 Å². The average Bonchev–Trinajstić information content (AvgIpc) is 3.05. The smallest absolute Gasteiger partial charge is 0.122 e. The molecule has 6 atom stereocenters. The number of aliphatic hydroxyl groups excluding tert-OH is 2. The quantitative estimate of drug-likeness (QED) is 0.141. The molecule has 0 saturated carbocycles. The van der Waals surface area contributed by atoms with Gasteiger partial charge in [0.05, 0.1) is 52.9 Å². The zero-order valence-corrected chi connectivity index (χ0v) is 27.1. The number of benzene rings is 4. The summed E-state index contributed by atoms with van der Waals surface area (Å²) in [5.74, 6) is 2.05. The Morgan fingerprint density at radius 1 is 0.467 bits per heavy atom. The lowest BCUT2D eigenvalue weighted by atomic mass is 9.81. The fraction of sp³-hybridized carbons (Fsp3) is 0.368. The van der Waals surface area contributed by atoms with Gasteiger partial charge in [-0.05, 0) is 60.4 Å². The number of rotatable bonds is 16. The van der Waals surface area contributed by atoms with E-state index in [0.717, 1.165) is 22.3 Å². The van der Waals surface area contributed by atoms with Crippen molar-refractivity contribution in [1.82, 2.24) is 0 Å². The SMILES string of the molecule is COc1cc(OC)cc(C(c2ccccc2)C(CC(C)O)OC(CC(C)O)C(c2ccccc2)c2cc(OC)cc(OC)c2)c1. The lowest BCUT2D eigenvalue weighted by Crippen LogP contribution is -2.36. The minimum atomic E-state index is -0.659. The van der Waals surface area contributed by atoms with Gasteiger partial charge in [-0.1, -0.05) is 60.7 Å². The number of hydrogen-bond donors (Lipinski definition) is 2. The van der Waals surface area contributed by atoms with E-state index in [1.165, 1.54) is 0 Å². The maximum Gasteiger partial charge on any atom is 0.122 e. The molecule has 6 unspecified atom stereocenters. The van der Waals surface area contributed by atoms with Crippen LogP contribution >= 0.6 is 0 Å². The van der Waals surface area contributed by atoms with Crippen LogP contribution in [0.15, 0.2) is 97.1 Å². The first kappa shape index (κ1) is 33.8. The van der Waals surface area contributed by atoms with E-state index in [9.17, 15) is 10.2 Å². The minimum absolute atomic E-state index is 0.294. The van der Waals surface area contributed by atoms with Crippen molar-refractivity contribution >= 4 is 0 Å². The highest BCUT2D eigenvalue weighted by molar-refractivity contribution is 5.46. The van der Waals surface area contributed by atoms with Crippen molar-refractivity contribution < 1.29 is 33.9 Å². The predicted octanol–water partition coefficient (Wildman–Crippen LogP) is 6.98. The van der Waals surface area contributed by atoms with Gasteiger partial charge in [0.1, 0.15) is 23.0 Å². The molecule has 0 spiro atoms. The van der Waals surface area contributed by atoms with Crippen LogP contribution in [-0.2, 0) is 4.74 Å². The summed E-state index contributed by atoms with van der Waals surface area (Å²) < 4.78 is 29.8. The number of ether oxygens (including phenoxy) is 5. The van der Waals surface area contributed by atoms with Gasteiger partial charge in [-0.3, -0.25) is 0 Å². The second-order valence-electron chi connectivity index (χ2n) is 11.5. The van der Waals surface area contributed by atoms with Crippen molar-refractivity contribution in [2.45, 2.75) is 62.9 Å². The fourth-order valence-corrected chi connectivity index (χ4v) is 6.02. The highest BCUT2D eigenvalue weighted by Crippen LogP contribution is 2.41. The van der Waals surface area contributed by atoms with Crippen molar-refractivity contribution in [2.24, 2.45) is 0 Å². The lowest BCUT2D eigenvalue weighted by molar-refractivity contribution is -0.0633. The molecule has 0 aliphatic carbocycles. The molecule has 2 N–H and O–H groups in total. The topological polar surface area (TPSA) is 86.6 Å². The van der Waals surface area contributed by atoms with Gasteiger partial charge in [-0.25, -0.2) is 0 Å². The van der Waals surface area contributed by atoms with E-state index in [0.29, 0.717) is 35.8 Å². The standard InChI is InChI=1S/C38H46O7/c1-25(39)17-35(37(27-13-9-7-10-14-27)29-19-31(41-3)23-32(20-29)42-4)45-36(18-26(2)40)38(28-15-11-8-12-16-28)30-21-33(43-5)24-34(22-30)44-6/h7-16,19-26,35-40H,17-18H2,1-6H3. The number of methoxy groups -OCH3 is 4. The molecule has 45 heavy (non-hydrogen) atoms. The molecule has 7 nitrogen and oxygen atoms in total. The van der Waals surface area contributed by atoms with E-state index in [4.69, 9.17) is 23.7 Å². The van der Waals surface area contributed by atoms with Crippen molar-refractivity contribution in [3.8, 4) is 23.0 Å². The Balaban J connectivity index is 1.91. The van der Waals surface area contributed by atoms with E-state index in [2.05, 4.69) is 24.3 Å². The fourth-order valence-electron chi connectivity index (χ4n) is 6.02. The molecule has 4 aromatic carbocycles. The van der Waals surface area contributed by atoms with E-state index in [-0.39, 0.29) is 11.8 Å². The molecule has 0 bridgehead atoms. The van der Waals surface area contributed by atoms with E-state index >= 15 is 0 Å². The molecule has 0 aliphatic heterocycles. The van der Waals surface area contributed by atoms with Gasteiger partial charge in [-0.2, -0.15) is 0 Å². The van der Waals surface area contributed by atoms with Gasteiger partial charge in [0, 0.05) is 36.8 Å². The summed E-state index contributed by atoms with van der Waals surface area (Å²) in [5, 5.41) is 21.7. The normalized spacial score (nSPS) is 15.3. The van der Waals surface area contributed by atoms with Crippen LogP contribution in [0.25, 0.3) is 0 Å². The first-order valence-electron chi connectivity index (χ1n) is 15.3. The maximum absolute atomic E-state index is 10.9. The summed E-state index contributed by atoms with van der Waals surface area (Å²) in [6.07, 6.45) is -1.61. The van der Waals surface area contributed by atoms with Gasteiger partial charge in [0.2, 0.25) is 0 Å². The average molecular weight is 615 g/mol. The maximum atomic E-state index is 10.9. The Labute approximate surface area is 267 Å². The zero-order valence-electron chi connectivity index (χ0n) is 27.1. The molecule has 240 valence electrons. The van der Waals surface area contributed by atoms with Crippen molar-refractivity contribution in [2.75, 3.05) is 28.4 Å². The number of aliphatic hydroxyl groups is 2. The lowest BCUT2D eigenvalue weighted by Gasteiger charge is -2.37. The van der Waals surface area contributed by atoms with Gasteiger partial charge in [0.25, 0.3) is 0 Å². The van der Waals surface area contributed by atoms with Crippen LogP contribution in [0.4, 0.5) is 0 Å². The van der Waals surface area contributed by atoms with Crippen LogP contribution < -0.4 is 18.9 Å². The Hall–Kier alpha value is -4.04. The Bertz CT molecular complexity index is 1300. The summed E-state index contributed by atoms with van der Waals surface area (Å²) >= 11 is 0.